The van der Waals surface area contributed by atoms with Crippen LogP contribution >= 0.6 is 0 Å². The van der Waals surface area contributed by atoms with Crippen molar-refractivity contribution in [1.82, 2.24) is 5.32 Å². The Morgan fingerprint density at radius 2 is 1.73 bits per heavy atom. The minimum Gasteiger partial charge on any atom is -0.311 e. The van der Waals surface area contributed by atoms with Gasteiger partial charge in [0.25, 0.3) is 0 Å². The quantitative estimate of drug-likeness (QED) is 0.918. The number of rotatable bonds is 5. The molecule has 0 aliphatic carbocycles. The van der Waals surface area contributed by atoms with E-state index < -0.39 is 0 Å². The summed E-state index contributed by atoms with van der Waals surface area (Å²) in [5, 5.41) is 3.44. The average Bonchev–Trinajstić information content (AvgIpc) is 2.95. The summed E-state index contributed by atoms with van der Waals surface area (Å²) >= 11 is 0. The Hall–Kier alpha value is -2.13. The molecular formula is C19H22N2O. The topological polar surface area (TPSA) is 32.3 Å². The van der Waals surface area contributed by atoms with Gasteiger partial charge in [-0.1, -0.05) is 55.5 Å². The van der Waals surface area contributed by atoms with Crippen molar-refractivity contribution in [3.63, 3.8) is 0 Å². The highest BCUT2D eigenvalue weighted by Crippen LogP contribution is 2.21. The molecule has 1 fully saturated rings. The van der Waals surface area contributed by atoms with E-state index in [1.54, 1.807) is 0 Å². The van der Waals surface area contributed by atoms with Crippen LogP contribution in [0, 0.1) is 0 Å². The second kappa shape index (κ2) is 6.75. The van der Waals surface area contributed by atoms with E-state index in [-0.39, 0.29) is 11.9 Å². The van der Waals surface area contributed by atoms with E-state index in [0.717, 1.165) is 25.2 Å². The molecule has 1 saturated heterocycles. The average molecular weight is 294 g/mol. The van der Waals surface area contributed by atoms with Gasteiger partial charge in [-0.05, 0) is 30.0 Å². The van der Waals surface area contributed by atoms with Gasteiger partial charge in [0, 0.05) is 18.8 Å². The van der Waals surface area contributed by atoms with Gasteiger partial charge in [-0.25, -0.2) is 0 Å². The summed E-state index contributed by atoms with van der Waals surface area (Å²) in [5.74, 6) is 0.589. The zero-order valence-corrected chi connectivity index (χ0v) is 12.9. The molecule has 1 amide bonds. The number of nitrogens with one attached hydrogen (secondary N) is 1. The van der Waals surface area contributed by atoms with Crippen LogP contribution in [-0.4, -0.2) is 25.0 Å². The third-order valence-electron chi connectivity index (χ3n) is 4.31. The lowest BCUT2D eigenvalue weighted by Crippen LogP contribution is -2.39. The monoisotopic (exact) mass is 294 g/mol. The van der Waals surface area contributed by atoms with Crippen molar-refractivity contribution in [2.24, 2.45) is 0 Å². The van der Waals surface area contributed by atoms with Gasteiger partial charge in [0.1, 0.15) is 0 Å². The van der Waals surface area contributed by atoms with Crippen molar-refractivity contribution >= 4 is 11.6 Å². The molecule has 1 aliphatic heterocycles. The lowest BCUT2D eigenvalue weighted by atomic mass is 10.0. The Balaban J connectivity index is 1.57. The molecule has 0 spiro atoms. The fraction of sp³-hybridized carbons (Fsp3) is 0.316. The van der Waals surface area contributed by atoms with Gasteiger partial charge in [-0.3, -0.25) is 4.79 Å². The van der Waals surface area contributed by atoms with Crippen LogP contribution in [0.4, 0.5) is 5.69 Å². The van der Waals surface area contributed by atoms with Crippen LogP contribution in [0.2, 0.25) is 0 Å². The molecule has 114 valence electrons. The highest BCUT2D eigenvalue weighted by Gasteiger charge is 2.32. The fourth-order valence-corrected chi connectivity index (χ4v) is 2.95. The third-order valence-corrected chi connectivity index (χ3v) is 4.31. The standard InChI is InChI=1S/C19H22N2O/c1-15(16-8-4-2-5-9-16)14-20-18-12-13-21(19(18)22)17-10-6-3-7-11-17/h2-11,15,18,20H,12-14H2,1H3. The number of carbonyl (C=O) groups is 1. The first kappa shape index (κ1) is 14.8. The number of hydrogen-bond donors (Lipinski definition) is 1. The minimum absolute atomic E-state index is 0.0635. The van der Waals surface area contributed by atoms with E-state index in [1.165, 1.54) is 5.56 Å². The first-order chi connectivity index (χ1) is 10.8. The largest absolute Gasteiger partial charge is 0.311 e. The lowest BCUT2D eigenvalue weighted by Gasteiger charge is -2.19. The van der Waals surface area contributed by atoms with Crippen LogP contribution in [0.3, 0.4) is 0 Å². The first-order valence-electron chi connectivity index (χ1n) is 7.90. The molecule has 2 aromatic rings. The number of anilines is 1. The summed E-state index contributed by atoms with van der Waals surface area (Å²) in [6, 6.07) is 20.3. The number of hydrogen-bond acceptors (Lipinski definition) is 2. The van der Waals surface area contributed by atoms with E-state index in [4.69, 9.17) is 0 Å². The molecule has 3 rings (SSSR count). The molecular weight excluding hydrogens is 272 g/mol. The SMILES string of the molecule is CC(CNC1CCN(c2ccccc2)C1=O)c1ccccc1. The van der Waals surface area contributed by atoms with Gasteiger partial charge < -0.3 is 10.2 Å². The normalized spacial score (nSPS) is 19.4. The second-order valence-corrected chi connectivity index (χ2v) is 5.89. The molecule has 0 radical (unpaired) electrons. The number of amides is 1. The van der Waals surface area contributed by atoms with E-state index in [9.17, 15) is 4.79 Å². The maximum Gasteiger partial charge on any atom is 0.244 e. The van der Waals surface area contributed by atoms with Crippen molar-refractivity contribution in [3.05, 3.63) is 66.2 Å². The van der Waals surface area contributed by atoms with Gasteiger partial charge in [0.15, 0.2) is 0 Å². The highest BCUT2D eigenvalue weighted by molar-refractivity contribution is 5.99. The summed E-state index contributed by atoms with van der Waals surface area (Å²) in [4.78, 5) is 14.4. The van der Waals surface area contributed by atoms with E-state index in [1.807, 2.05) is 41.3 Å². The Morgan fingerprint density at radius 1 is 1.09 bits per heavy atom. The van der Waals surface area contributed by atoms with Crippen LogP contribution in [0.15, 0.2) is 60.7 Å². The molecule has 0 aromatic heterocycles. The number of carbonyl (C=O) groups excluding carboxylic acids is 1. The second-order valence-electron chi connectivity index (χ2n) is 5.89. The van der Waals surface area contributed by atoms with Crippen molar-refractivity contribution in [2.75, 3.05) is 18.0 Å². The molecule has 3 heteroatoms. The molecule has 3 nitrogen and oxygen atoms in total. The van der Waals surface area contributed by atoms with Crippen LogP contribution in [0.25, 0.3) is 0 Å². The maximum atomic E-state index is 12.5. The van der Waals surface area contributed by atoms with Gasteiger partial charge in [0.2, 0.25) is 5.91 Å². The molecule has 2 aromatic carbocycles. The summed E-state index contributed by atoms with van der Waals surface area (Å²) in [7, 11) is 0. The minimum atomic E-state index is -0.0635. The van der Waals surface area contributed by atoms with E-state index in [2.05, 4.69) is 36.5 Å². The lowest BCUT2D eigenvalue weighted by molar-refractivity contribution is -0.118. The predicted octanol–water partition coefficient (Wildman–Crippen LogP) is 3.19. The van der Waals surface area contributed by atoms with Crippen molar-refractivity contribution in [2.45, 2.75) is 25.3 Å². The Bertz CT molecular complexity index is 612. The van der Waals surface area contributed by atoms with Gasteiger partial charge in [0.05, 0.1) is 6.04 Å². The molecule has 22 heavy (non-hydrogen) atoms. The third kappa shape index (κ3) is 3.20. The smallest absolute Gasteiger partial charge is 0.244 e. The van der Waals surface area contributed by atoms with Crippen LogP contribution in [0.5, 0.6) is 0 Å². The molecule has 1 heterocycles. The molecule has 2 unspecified atom stereocenters. The van der Waals surface area contributed by atoms with Crippen molar-refractivity contribution < 1.29 is 4.79 Å². The van der Waals surface area contributed by atoms with Gasteiger partial charge in [-0.15, -0.1) is 0 Å². The number of nitrogens with zero attached hydrogens (tertiary/aromatic N) is 1. The summed E-state index contributed by atoms with van der Waals surface area (Å²) in [5.41, 5.74) is 2.30. The maximum absolute atomic E-state index is 12.5. The first-order valence-corrected chi connectivity index (χ1v) is 7.90. The van der Waals surface area contributed by atoms with Crippen molar-refractivity contribution in [1.29, 1.82) is 0 Å². The van der Waals surface area contributed by atoms with Gasteiger partial charge in [-0.2, -0.15) is 0 Å². The van der Waals surface area contributed by atoms with E-state index in [0.29, 0.717) is 5.92 Å². The molecule has 1 aliphatic rings. The molecule has 2 atom stereocenters. The summed E-state index contributed by atoms with van der Waals surface area (Å²) in [6.45, 7) is 3.81. The Kier molecular flexibility index (Phi) is 4.54. The number of para-hydroxylation sites is 1. The van der Waals surface area contributed by atoms with Crippen LogP contribution < -0.4 is 10.2 Å². The zero-order valence-electron chi connectivity index (χ0n) is 12.9. The van der Waals surface area contributed by atoms with Crippen LogP contribution in [-0.2, 0) is 4.79 Å². The highest BCUT2D eigenvalue weighted by atomic mass is 16.2. The zero-order chi connectivity index (χ0) is 15.4. The van der Waals surface area contributed by atoms with E-state index >= 15 is 0 Å². The molecule has 1 N–H and O–H groups in total. The Morgan fingerprint density at radius 3 is 2.41 bits per heavy atom. The van der Waals surface area contributed by atoms with Crippen molar-refractivity contribution in [3.8, 4) is 0 Å². The predicted molar refractivity (Wildman–Crippen MR) is 90.1 cm³/mol. The van der Waals surface area contributed by atoms with Crippen LogP contribution in [0.1, 0.15) is 24.8 Å². The summed E-state index contributed by atoms with van der Waals surface area (Å²) in [6.07, 6.45) is 0.870. The van der Waals surface area contributed by atoms with Gasteiger partial charge >= 0.3 is 0 Å². The number of benzene rings is 2. The summed E-state index contributed by atoms with van der Waals surface area (Å²) < 4.78 is 0. The molecule has 0 bridgehead atoms. The molecule has 0 saturated carbocycles. The fourth-order valence-electron chi connectivity index (χ4n) is 2.95. The Labute approximate surface area is 132 Å².